The highest BCUT2D eigenvalue weighted by atomic mass is 35.5. The first-order chi connectivity index (χ1) is 18.1. The van der Waals surface area contributed by atoms with Crippen LogP contribution in [-0.4, -0.2) is 21.6 Å². The second kappa shape index (κ2) is 9.70. The molecule has 0 unspecified atom stereocenters. The number of aryl methyl sites for hydroxylation is 1. The van der Waals surface area contributed by atoms with Crippen molar-refractivity contribution >= 4 is 52.0 Å². The van der Waals surface area contributed by atoms with Gasteiger partial charge < -0.3 is 0 Å². The highest BCUT2D eigenvalue weighted by Crippen LogP contribution is 2.36. The Labute approximate surface area is 227 Å². The molecule has 10 heteroatoms. The van der Waals surface area contributed by atoms with Crippen LogP contribution in [0.5, 0.6) is 0 Å². The van der Waals surface area contributed by atoms with Crippen molar-refractivity contribution in [1.82, 2.24) is 9.78 Å². The van der Waals surface area contributed by atoms with Gasteiger partial charge in [-0.1, -0.05) is 49.2 Å². The molecule has 0 bridgehead atoms. The Morgan fingerprint density at radius 2 is 1.68 bits per heavy atom. The summed E-state index contributed by atoms with van der Waals surface area (Å²) < 4.78 is 17.6. The molecule has 38 heavy (non-hydrogen) atoms. The fourth-order valence-electron chi connectivity index (χ4n) is 4.49. The minimum Gasteiger partial charge on any atom is -0.294 e. The lowest BCUT2D eigenvalue weighted by atomic mass is 9.98. The highest BCUT2D eigenvalue weighted by Gasteiger charge is 2.49. The van der Waals surface area contributed by atoms with E-state index in [1.54, 1.807) is 30.6 Å². The molecule has 2 amide bonds. The number of pyridine rings is 1. The van der Waals surface area contributed by atoms with Crippen molar-refractivity contribution in [2.75, 3.05) is 4.90 Å². The van der Waals surface area contributed by atoms with E-state index in [4.69, 9.17) is 23.2 Å². The summed E-state index contributed by atoms with van der Waals surface area (Å²) in [6.07, 6.45) is 3.28. The van der Waals surface area contributed by atoms with Gasteiger partial charge in [-0.15, -0.1) is 0 Å². The zero-order valence-corrected chi connectivity index (χ0v) is 22.1. The van der Waals surface area contributed by atoms with Gasteiger partial charge in [0, 0.05) is 17.3 Å². The fraction of sp³-hybridized carbons (Fsp3) is 0.143. The minimum atomic E-state index is -0.802. The highest BCUT2D eigenvalue weighted by molar-refractivity contribution is 6.53. The van der Waals surface area contributed by atoms with Crippen LogP contribution in [0.15, 0.2) is 71.8 Å². The Hall–Kier alpha value is -4.01. The second-order valence-electron chi connectivity index (χ2n) is 9.20. The Bertz CT molecular complexity index is 1720. The zero-order valence-electron chi connectivity index (χ0n) is 20.6. The standard InChI is InChI=1S/C28H21Cl2FN4O3/c1-15(2)24-22(27(37)35(32-24)17-10-11-18(29)19(30)13-17)23-25(33-12-6-7-16(3)14-33)28(38)34(26(23)36)21-9-5-4-8-20(21)31/h4-15H,1-3H3/p+1. The van der Waals surface area contributed by atoms with E-state index < -0.39 is 23.2 Å². The van der Waals surface area contributed by atoms with Crippen molar-refractivity contribution in [3.8, 4) is 5.69 Å². The van der Waals surface area contributed by atoms with Crippen LogP contribution < -0.4 is 15.0 Å². The van der Waals surface area contributed by atoms with Gasteiger partial charge in [0.05, 0.1) is 27.0 Å². The molecule has 5 rings (SSSR count). The van der Waals surface area contributed by atoms with Gasteiger partial charge >= 0.3 is 5.91 Å². The molecule has 1 N–H and O–H groups in total. The molecule has 0 saturated carbocycles. The van der Waals surface area contributed by atoms with Gasteiger partial charge in [-0.2, -0.15) is 4.57 Å². The Morgan fingerprint density at radius 3 is 2.34 bits per heavy atom. The number of para-hydroxylation sites is 1. The topological polar surface area (TPSA) is 79.1 Å². The third-order valence-electron chi connectivity index (χ3n) is 6.27. The number of benzene rings is 2. The van der Waals surface area contributed by atoms with Crippen LogP contribution in [0.1, 0.15) is 36.6 Å². The third kappa shape index (κ3) is 4.15. The smallest absolute Gasteiger partial charge is 0.294 e. The predicted octanol–water partition coefficient (Wildman–Crippen LogP) is 5.27. The number of aromatic amines is 1. The first kappa shape index (κ1) is 25.6. The maximum absolute atomic E-state index is 14.8. The van der Waals surface area contributed by atoms with Crippen LogP contribution >= 0.6 is 23.2 Å². The molecule has 1 aliphatic heterocycles. The number of aromatic nitrogens is 3. The normalized spacial score (nSPS) is 13.8. The van der Waals surface area contributed by atoms with E-state index in [0.29, 0.717) is 16.4 Å². The summed E-state index contributed by atoms with van der Waals surface area (Å²) in [6.45, 7) is 5.54. The Balaban J connectivity index is 1.82. The minimum absolute atomic E-state index is 0.0206. The maximum Gasteiger partial charge on any atom is 0.331 e. The largest absolute Gasteiger partial charge is 0.331 e. The summed E-state index contributed by atoms with van der Waals surface area (Å²) in [5.74, 6) is -2.54. The van der Waals surface area contributed by atoms with Crippen molar-refractivity contribution in [2.45, 2.75) is 26.7 Å². The number of carbonyl (C=O) groups is 2. The van der Waals surface area contributed by atoms with Gasteiger partial charge in [0.1, 0.15) is 11.4 Å². The number of anilines is 1. The van der Waals surface area contributed by atoms with Gasteiger partial charge in [0.2, 0.25) is 0 Å². The molecule has 2 aromatic heterocycles. The summed E-state index contributed by atoms with van der Waals surface area (Å²) in [5, 5.41) is 3.64. The fourth-order valence-corrected chi connectivity index (χ4v) is 4.78. The number of nitrogens with one attached hydrogen (secondary N) is 1. The molecule has 4 aromatic rings. The van der Waals surface area contributed by atoms with Crippen molar-refractivity contribution in [3.63, 3.8) is 0 Å². The van der Waals surface area contributed by atoms with Gasteiger partial charge in [-0.25, -0.2) is 14.0 Å². The summed E-state index contributed by atoms with van der Waals surface area (Å²) in [5.41, 5.74) is 0.713. The average Bonchev–Trinajstić information content (AvgIpc) is 3.34. The van der Waals surface area contributed by atoms with E-state index >= 15 is 0 Å². The van der Waals surface area contributed by atoms with Crippen molar-refractivity contribution in [3.05, 3.63) is 110 Å². The van der Waals surface area contributed by atoms with E-state index in [1.165, 1.54) is 39.6 Å². The molecular weight excluding hydrogens is 530 g/mol. The number of H-pyrrole nitrogens is 1. The number of hydrogen-bond acceptors (Lipinski definition) is 3. The van der Waals surface area contributed by atoms with Gasteiger partial charge in [-0.3, -0.25) is 19.5 Å². The molecular formula is C28H22Cl2FN4O3+. The zero-order chi connectivity index (χ0) is 27.3. The number of halogens is 3. The van der Waals surface area contributed by atoms with Crippen molar-refractivity contribution < 1.29 is 18.5 Å². The molecule has 3 heterocycles. The molecule has 0 spiro atoms. The number of hydrogen-bond donors (Lipinski definition) is 1. The van der Waals surface area contributed by atoms with E-state index in [0.717, 1.165) is 10.5 Å². The van der Waals surface area contributed by atoms with Crippen LogP contribution in [0, 0.1) is 12.7 Å². The van der Waals surface area contributed by atoms with Crippen molar-refractivity contribution in [1.29, 1.82) is 0 Å². The third-order valence-corrected chi connectivity index (χ3v) is 7.01. The van der Waals surface area contributed by atoms with E-state index in [-0.39, 0.29) is 33.5 Å². The monoisotopic (exact) mass is 551 g/mol. The summed E-state index contributed by atoms with van der Waals surface area (Å²) >= 11 is 12.3. The van der Waals surface area contributed by atoms with E-state index in [2.05, 4.69) is 5.10 Å². The molecule has 0 fully saturated rings. The number of nitrogens with zero attached hydrogens (tertiary/aromatic N) is 3. The molecule has 0 saturated heterocycles. The first-order valence-electron chi connectivity index (χ1n) is 11.8. The van der Waals surface area contributed by atoms with Crippen LogP contribution in [0.4, 0.5) is 10.1 Å². The maximum atomic E-state index is 14.8. The number of amides is 2. The molecule has 0 atom stereocenters. The molecule has 2 aromatic carbocycles. The van der Waals surface area contributed by atoms with Gasteiger partial charge in [-0.05, 0) is 49.2 Å². The average molecular weight is 552 g/mol. The Kier molecular flexibility index (Phi) is 6.54. The molecule has 0 aliphatic carbocycles. The van der Waals surface area contributed by atoms with Crippen LogP contribution in [0.2, 0.25) is 10.0 Å². The quantitative estimate of drug-likeness (QED) is 0.271. The van der Waals surface area contributed by atoms with Gasteiger partial charge in [0.25, 0.3) is 17.2 Å². The lowest BCUT2D eigenvalue weighted by Gasteiger charge is -2.14. The molecule has 1 aliphatic rings. The molecule has 7 nitrogen and oxygen atoms in total. The Morgan fingerprint density at radius 1 is 0.947 bits per heavy atom. The van der Waals surface area contributed by atoms with E-state index in [1.807, 2.05) is 26.8 Å². The lowest BCUT2D eigenvalue weighted by Crippen LogP contribution is -2.40. The first-order valence-corrected chi connectivity index (χ1v) is 12.5. The number of carbonyl (C=O) groups excluding carboxylic acids is 2. The molecule has 0 radical (unpaired) electrons. The summed E-state index contributed by atoms with van der Waals surface area (Å²) in [4.78, 5) is 42.5. The second-order valence-corrected chi connectivity index (χ2v) is 10.0. The van der Waals surface area contributed by atoms with Crippen LogP contribution in [-0.2, 0) is 9.59 Å². The number of imide groups is 1. The van der Waals surface area contributed by atoms with Gasteiger partial charge in [0.15, 0.2) is 12.4 Å². The molecule has 192 valence electrons. The number of rotatable bonds is 5. The SMILES string of the molecule is Cc1ccc[n+](C2=C(c3c(C(C)C)[nH]n(-c4ccc(Cl)c(Cl)c4)c3=O)C(=O)N(c3ccccc3F)C2=O)c1. The predicted molar refractivity (Wildman–Crippen MR) is 144 cm³/mol. The van der Waals surface area contributed by atoms with E-state index in [9.17, 15) is 18.8 Å². The van der Waals surface area contributed by atoms with Crippen LogP contribution in [0.25, 0.3) is 17.0 Å². The van der Waals surface area contributed by atoms with Crippen LogP contribution in [0.3, 0.4) is 0 Å². The summed E-state index contributed by atoms with van der Waals surface area (Å²) in [6, 6.07) is 13.8. The summed E-state index contributed by atoms with van der Waals surface area (Å²) in [7, 11) is 0. The van der Waals surface area contributed by atoms with Crippen molar-refractivity contribution in [2.24, 2.45) is 0 Å². The lowest BCUT2D eigenvalue weighted by molar-refractivity contribution is -0.577.